The molecular weight excluding hydrogens is 268 g/mol. The molecule has 0 saturated heterocycles. The summed E-state index contributed by atoms with van der Waals surface area (Å²) in [6.45, 7) is 5.68. The number of nitrogens with one attached hydrogen (secondary N) is 1. The molecule has 0 aromatic heterocycles. The molecule has 5 nitrogen and oxygen atoms in total. The van der Waals surface area contributed by atoms with E-state index in [0.29, 0.717) is 6.42 Å². The first-order chi connectivity index (χ1) is 9.70. The van der Waals surface area contributed by atoms with Crippen LogP contribution in [0.2, 0.25) is 0 Å². The van der Waals surface area contributed by atoms with E-state index < -0.39 is 18.1 Å². The van der Waals surface area contributed by atoms with E-state index in [1.807, 2.05) is 51.1 Å². The van der Waals surface area contributed by atoms with Crippen LogP contribution in [0.5, 0.6) is 0 Å². The monoisotopic (exact) mass is 292 g/mol. The molecule has 116 valence electrons. The number of rotatable bonds is 6. The summed E-state index contributed by atoms with van der Waals surface area (Å²) >= 11 is 0. The van der Waals surface area contributed by atoms with Gasteiger partial charge in [-0.3, -0.25) is 9.59 Å². The highest BCUT2D eigenvalue weighted by Crippen LogP contribution is 2.22. The summed E-state index contributed by atoms with van der Waals surface area (Å²) in [5, 5.41) is 11.7. The van der Waals surface area contributed by atoms with Crippen molar-refractivity contribution in [2.24, 2.45) is 11.1 Å². The Morgan fingerprint density at radius 1 is 1.24 bits per heavy atom. The zero-order valence-corrected chi connectivity index (χ0v) is 12.8. The minimum Gasteiger partial charge on any atom is -0.481 e. The first-order valence-corrected chi connectivity index (χ1v) is 7.02. The Hall–Kier alpha value is -1.88. The number of carbonyl (C=O) groups excluding carboxylic acids is 1. The molecule has 2 atom stereocenters. The van der Waals surface area contributed by atoms with Crippen molar-refractivity contribution in [3.8, 4) is 0 Å². The average Bonchev–Trinajstić information content (AvgIpc) is 2.37. The van der Waals surface area contributed by atoms with Gasteiger partial charge in [0.05, 0.1) is 12.5 Å². The van der Waals surface area contributed by atoms with Gasteiger partial charge in [-0.2, -0.15) is 0 Å². The van der Waals surface area contributed by atoms with Crippen LogP contribution < -0.4 is 11.1 Å². The Morgan fingerprint density at radius 2 is 1.81 bits per heavy atom. The van der Waals surface area contributed by atoms with Gasteiger partial charge in [-0.05, 0) is 17.4 Å². The molecule has 1 unspecified atom stereocenters. The van der Waals surface area contributed by atoms with Crippen LogP contribution in [0.25, 0.3) is 0 Å². The maximum Gasteiger partial charge on any atom is 0.305 e. The number of nitrogens with two attached hydrogens (primary N) is 1. The molecule has 0 aliphatic heterocycles. The summed E-state index contributed by atoms with van der Waals surface area (Å²) < 4.78 is 0. The molecule has 4 N–H and O–H groups in total. The van der Waals surface area contributed by atoms with Gasteiger partial charge in [0.25, 0.3) is 0 Å². The summed E-state index contributed by atoms with van der Waals surface area (Å²) in [6.07, 6.45) is 0.309. The quantitative estimate of drug-likeness (QED) is 0.742. The van der Waals surface area contributed by atoms with E-state index in [0.717, 1.165) is 5.56 Å². The molecule has 0 aliphatic carbocycles. The Kier molecular flexibility index (Phi) is 5.90. The summed E-state index contributed by atoms with van der Waals surface area (Å²) in [4.78, 5) is 23.1. The SMILES string of the molecule is CC(C)(C)C(CC(=O)O)NC(=O)[C@H](N)Cc1ccccc1. The van der Waals surface area contributed by atoms with Crippen LogP contribution in [-0.4, -0.2) is 29.1 Å². The molecule has 0 radical (unpaired) electrons. The third kappa shape index (κ3) is 5.95. The largest absolute Gasteiger partial charge is 0.481 e. The summed E-state index contributed by atoms with van der Waals surface area (Å²) in [7, 11) is 0. The highest BCUT2D eigenvalue weighted by Gasteiger charge is 2.29. The molecule has 0 aliphatic rings. The lowest BCUT2D eigenvalue weighted by Gasteiger charge is -2.31. The molecule has 0 spiro atoms. The summed E-state index contributed by atoms with van der Waals surface area (Å²) in [5.41, 5.74) is 6.54. The Balaban J connectivity index is 2.66. The normalized spacial score (nSPS) is 14.3. The lowest BCUT2D eigenvalue weighted by molar-refractivity contribution is -0.138. The van der Waals surface area contributed by atoms with E-state index in [2.05, 4.69) is 5.32 Å². The number of benzene rings is 1. The molecule has 1 aromatic rings. The smallest absolute Gasteiger partial charge is 0.305 e. The number of carbonyl (C=O) groups is 2. The van der Waals surface area contributed by atoms with Crippen LogP contribution in [0.4, 0.5) is 0 Å². The number of carboxylic acid groups (broad SMARTS) is 1. The van der Waals surface area contributed by atoms with Gasteiger partial charge in [-0.25, -0.2) is 0 Å². The van der Waals surface area contributed by atoms with Crippen molar-refractivity contribution >= 4 is 11.9 Å². The lowest BCUT2D eigenvalue weighted by atomic mass is 9.84. The third-order valence-corrected chi connectivity index (χ3v) is 3.38. The number of hydrogen-bond acceptors (Lipinski definition) is 3. The number of hydrogen-bond donors (Lipinski definition) is 3. The van der Waals surface area contributed by atoms with E-state index in [4.69, 9.17) is 10.8 Å². The highest BCUT2D eigenvalue weighted by molar-refractivity contribution is 5.82. The molecule has 1 aromatic carbocycles. The molecule has 0 heterocycles. The number of amides is 1. The van der Waals surface area contributed by atoms with Gasteiger partial charge in [0.15, 0.2) is 0 Å². The number of aliphatic carboxylic acids is 1. The van der Waals surface area contributed by atoms with Gasteiger partial charge >= 0.3 is 5.97 Å². The van der Waals surface area contributed by atoms with Crippen molar-refractivity contribution in [2.45, 2.75) is 45.7 Å². The predicted molar refractivity (Wildman–Crippen MR) is 81.8 cm³/mol. The minimum absolute atomic E-state index is 0.118. The van der Waals surface area contributed by atoms with Gasteiger partial charge in [0.1, 0.15) is 0 Å². The van der Waals surface area contributed by atoms with Gasteiger partial charge < -0.3 is 16.2 Å². The van der Waals surface area contributed by atoms with Gasteiger partial charge in [0, 0.05) is 6.04 Å². The minimum atomic E-state index is -0.938. The zero-order valence-electron chi connectivity index (χ0n) is 12.8. The fraction of sp³-hybridized carbons (Fsp3) is 0.500. The van der Waals surface area contributed by atoms with Gasteiger partial charge in [-0.1, -0.05) is 51.1 Å². The second-order valence-corrected chi connectivity index (χ2v) is 6.32. The first kappa shape index (κ1) is 17.2. The lowest BCUT2D eigenvalue weighted by Crippen LogP contribution is -2.51. The second kappa shape index (κ2) is 7.22. The van der Waals surface area contributed by atoms with E-state index >= 15 is 0 Å². The van der Waals surface area contributed by atoms with Crippen molar-refractivity contribution in [3.05, 3.63) is 35.9 Å². The van der Waals surface area contributed by atoms with E-state index in [9.17, 15) is 9.59 Å². The average molecular weight is 292 g/mol. The van der Waals surface area contributed by atoms with Crippen molar-refractivity contribution in [2.75, 3.05) is 0 Å². The van der Waals surface area contributed by atoms with Crippen molar-refractivity contribution in [1.82, 2.24) is 5.32 Å². The summed E-state index contributed by atoms with van der Waals surface area (Å²) in [5.74, 6) is -1.26. The first-order valence-electron chi connectivity index (χ1n) is 7.02. The molecule has 21 heavy (non-hydrogen) atoms. The van der Waals surface area contributed by atoms with Crippen LogP contribution in [0.3, 0.4) is 0 Å². The second-order valence-electron chi connectivity index (χ2n) is 6.32. The standard InChI is InChI=1S/C16H24N2O3/c1-16(2,3)13(10-14(19)20)18-15(21)12(17)9-11-7-5-4-6-8-11/h4-8,12-13H,9-10,17H2,1-3H3,(H,18,21)(H,19,20)/t12-,13?/m1/s1. The van der Waals surface area contributed by atoms with Crippen LogP contribution in [0.1, 0.15) is 32.8 Å². The van der Waals surface area contributed by atoms with Crippen molar-refractivity contribution in [1.29, 1.82) is 0 Å². The van der Waals surface area contributed by atoms with Crippen LogP contribution in [0.15, 0.2) is 30.3 Å². The third-order valence-electron chi connectivity index (χ3n) is 3.38. The number of carboxylic acids is 1. The van der Waals surface area contributed by atoms with Crippen LogP contribution in [0, 0.1) is 5.41 Å². The molecule has 0 saturated carbocycles. The molecular formula is C16H24N2O3. The molecule has 1 amide bonds. The molecule has 0 fully saturated rings. The predicted octanol–water partition coefficient (Wildman–Crippen LogP) is 1.56. The van der Waals surface area contributed by atoms with Crippen LogP contribution in [-0.2, 0) is 16.0 Å². The summed E-state index contributed by atoms with van der Waals surface area (Å²) in [6, 6.07) is 8.36. The van der Waals surface area contributed by atoms with E-state index in [1.165, 1.54) is 0 Å². The molecule has 0 bridgehead atoms. The topological polar surface area (TPSA) is 92.4 Å². The van der Waals surface area contributed by atoms with Crippen LogP contribution >= 0.6 is 0 Å². The highest BCUT2D eigenvalue weighted by atomic mass is 16.4. The van der Waals surface area contributed by atoms with Gasteiger partial charge in [-0.15, -0.1) is 0 Å². The van der Waals surface area contributed by atoms with Gasteiger partial charge in [0.2, 0.25) is 5.91 Å². The maximum absolute atomic E-state index is 12.2. The fourth-order valence-electron chi connectivity index (χ4n) is 1.99. The Labute approximate surface area is 125 Å². The Bertz CT molecular complexity index is 480. The van der Waals surface area contributed by atoms with E-state index in [-0.39, 0.29) is 17.7 Å². The van der Waals surface area contributed by atoms with Crippen molar-refractivity contribution in [3.63, 3.8) is 0 Å². The molecule has 1 rings (SSSR count). The molecule has 5 heteroatoms. The van der Waals surface area contributed by atoms with Crippen molar-refractivity contribution < 1.29 is 14.7 Å². The van der Waals surface area contributed by atoms with E-state index in [1.54, 1.807) is 0 Å². The Morgan fingerprint density at radius 3 is 2.29 bits per heavy atom. The maximum atomic E-state index is 12.2. The fourth-order valence-corrected chi connectivity index (χ4v) is 1.99. The zero-order chi connectivity index (χ0) is 16.0.